The molecule has 1 aliphatic rings. The molecule has 6 heteroatoms. The molecule has 0 heterocycles. The molecule has 2 N–H and O–H groups in total. The molecule has 0 atom stereocenters. The Morgan fingerprint density at radius 1 is 1.00 bits per heavy atom. The summed E-state index contributed by atoms with van der Waals surface area (Å²) in [6, 6.07) is 12.1. The molecule has 0 bridgehead atoms. The van der Waals surface area contributed by atoms with Gasteiger partial charge in [0.05, 0.1) is 13.7 Å². The van der Waals surface area contributed by atoms with Crippen molar-refractivity contribution >= 4 is 23.2 Å². The van der Waals surface area contributed by atoms with E-state index in [1.165, 1.54) is 0 Å². The summed E-state index contributed by atoms with van der Waals surface area (Å²) in [5.41, 5.74) is 1.81. The maximum atomic E-state index is 12.4. The highest BCUT2D eigenvalue weighted by atomic mass is 16.5. The molecular weight excluding hydrogens is 332 g/mol. The number of ether oxygens (including phenoxy) is 2. The highest BCUT2D eigenvalue weighted by Crippen LogP contribution is 2.31. The predicted octanol–water partition coefficient (Wildman–Crippen LogP) is 3.69. The Balaban J connectivity index is 1.64. The lowest BCUT2D eigenvalue weighted by Crippen LogP contribution is -2.14. The minimum atomic E-state index is -0.240. The maximum absolute atomic E-state index is 12.4. The van der Waals surface area contributed by atoms with Crippen LogP contribution in [-0.2, 0) is 4.79 Å². The highest BCUT2D eigenvalue weighted by molar-refractivity contribution is 6.05. The number of rotatable bonds is 7. The van der Waals surface area contributed by atoms with Crippen LogP contribution in [0.1, 0.15) is 30.1 Å². The Bertz CT molecular complexity index is 798. The molecule has 1 aliphatic carbocycles. The van der Waals surface area contributed by atoms with Crippen molar-refractivity contribution in [2.75, 3.05) is 24.4 Å². The van der Waals surface area contributed by atoms with E-state index in [2.05, 4.69) is 10.6 Å². The topological polar surface area (TPSA) is 76.7 Å². The Hall–Kier alpha value is -3.02. The maximum Gasteiger partial charge on any atom is 0.255 e. The average molecular weight is 354 g/mol. The zero-order valence-corrected chi connectivity index (χ0v) is 14.9. The lowest BCUT2D eigenvalue weighted by atomic mass is 10.2. The summed E-state index contributed by atoms with van der Waals surface area (Å²) >= 11 is 0. The molecule has 2 aromatic carbocycles. The summed E-state index contributed by atoms with van der Waals surface area (Å²) in [5.74, 6) is 1.14. The summed E-state index contributed by atoms with van der Waals surface area (Å²) < 4.78 is 10.8. The van der Waals surface area contributed by atoms with Gasteiger partial charge in [-0.2, -0.15) is 0 Å². The molecule has 0 aliphatic heterocycles. The number of methoxy groups -OCH3 is 1. The van der Waals surface area contributed by atoms with E-state index in [9.17, 15) is 9.59 Å². The number of amides is 2. The third-order valence-electron chi connectivity index (χ3n) is 4.08. The number of hydrogen-bond acceptors (Lipinski definition) is 4. The first kappa shape index (κ1) is 17.8. The van der Waals surface area contributed by atoms with Gasteiger partial charge >= 0.3 is 0 Å². The van der Waals surface area contributed by atoms with Gasteiger partial charge < -0.3 is 20.1 Å². The predicted molar refractivity (Wildman–Crippen MR) is 99.9 cm³/mol. The Labute approximate surface area is 152 Å². The third kappa shape index (κ3) is 4.33. The summed E-state index contributed by atoms with van der Waals surface area (Å²) in [4.78, 5) is 24.2. The van der Waals surface area contributed by atoms with Crippen molar-refractivity contribution < 1.29 is 19.1 Å². The van der Waals surface area contributed by atoms with Gasteiger partial charge in [-0.15, -0.1) is 0 Å². The van der Waals surface area contributed by atoms with Crippen LogP contribution in [0.3, 0.4) is 0 Å². The van der Waals surface area contributed by atoms with E-state index in [0.29, 0.717) is 35.0 Å². The lowest BCUT2D eigenvalue weighted by molar-refractivity contribution is -0.117. The van der Waals surface area contributed by atoms with Gasteiger partial charge in [-0.3, -0.25) is 9.59 Å². The molecule has 0 unspecified atom stereocenters. The molecule has 3 rings (SSSR count). The lowest BCUT2D eigenvalue weighted by Gasteiger charge is -2.12. The van der Waals surface area contributed by atoms with E-state index in [1.54, 1.807) is 49.6 Å². The van der Waals surface area contributed by atoms with Crippen LogP contribution in [0.2, 0.25) is 0 Å². The van der Waals surface area contributed by atoms with Crippen LogP contribution in [0.25, 0.3) is 0 Å². The van der Waals surface area contributed by atoms with Gasteiger partial charge in [0.2, 0.25) is 5.91 Å². The van der Waals surface area contributed by atoms with Gasteiger partial charge in [0.25, 0.3) is 5.91 Å². The van der Waals surface area contributed by atoms with Gasteiger partial charge in [0.1, 0.15) is 0 Å². The van der Waals surface area contributed by atoms with E-state index in [4.69, 9.17) is 9.47 Å². The van der Waals surface area contributed by atoms with E-state index in [-0.39, 0.29) is 17.7 Å². The first-order chi connectivity index (χ1) is 12.6. The molecule has 0 radical (unpaired) electrons. The molecular formula is C20H22N2O4. The zero-order chi connectivity index (χ0) is 18.5. The molecule has 26 heavy (non-hydrogen) atoms. The molecule has 0 spiro atoms. The molecule has 1 fully saturated rings. The minimum absolute atomic E-state index is 0.0451. The normalized spacial score (nSPS) is 13.0. The van der Waals surface area contributed by atoms with E-state index < -0.39 is 0 Å². The van der Waals surface area contributed by atoms with E-state index in [1.807, 2.05) is 6.92 Å². The number of hydrogen-bond donors (Lipinski definition) is 2. The fourth-order valence-electron chi connectivity index (χ4n) is 2.52. The Morgan fingerprint density at radius 2 is 1.69 bits per heavy atom. The fourth-order valence-corrected chi connectivity index (χ4v) is 2.52. The first-order valence-electron chi connectivity index (χ1n) is 8.64. The van der Waals surface area contributed by atoms with Crippen LogP contribution in [0.5, 0.6) is 11.5 Å². The van der Waals surface area contributed by atoms with E-state index >= 15 is 0 Å². The van der Waals surface area contributed by atoms with Crippen molar-refractivity contribution in [2.45, 2.75) is 19.8 Å². The second-order valence-corrected chi connectivity index (χ2v) is 6.09. The molecule has 136 valence electrons. The molecule has 2 amide bonds. The monoisotopic (exact) mass is 354 g/mol. The summed E-state index contributed by atoms with van der Waals surface area (Å²) in [5, 5.41) is 5.68. The molecule has 1 saturated carbocycles. The quantitative estimate of drug-likeness (QED) is 0.795. The van der Waals surface area contributed by atoms with Crippen molar-refractivity contribution in [3.05, 3.63) is 48.0 Å². The largest absolute Gasteiger partial charge is 0.493 e. The van der Waals surface area contributed by atoms with Crippen LogP contribution in [-0.4, -0.2) is 25.5 Å². The van der Waals surface area contributed by atoms with Crippen molar-refractivity contribution in [1.82, 2.24) is 0 Å². The van der Waals surface area contributed by atoms with Crippen LogP contribution >= 0.6 is 0 Å². The van der Waals surface area contributed by atoms with Crippen molar-refractivity contribution in [3.63, 3.8) is 0 Å². The van der Waals surface area contributed by atoms with Crippen molar-refractivity contribution in [2.24, 2.45) is 5.92 Å². The second kappa shape index (κ2) is 7.91. The van der Waals surface area contributed by atoms with Gasteiger partial charge in [-0.05, 0) is 56.2 Å². The summed E-state index contributed by atoms with van der Waals surface area (Å²) in [7, 11) is 1.55. The standard InChI is InChI=1S/C20H22N2O4/c1-3-26-17-11-10-16(12-18(17)25-2)22-20(24)14-6-8-15(9-7-14)21-19(23)13-4-5-13/h6-13H,3-5H2,1-2H3,(H,21,23)(H,22,24). The van der Waals surface area contributed by atoms with E-state index in [0.717, 1.165) is 12.8 Å². The highest BCUT2D eigenvalue weighted by Gasteiger charge is 2.29. The number of nitrogens with one attached hydrogen (secondary N) is 2. The smallest absolute Gasteiger partial charge is 0.255 e. The van der Waals surface area contributed by atoms with Gasteiger partial charge in [-0.25, -0.2) is 0 Å². The zero-order valence-electron chi connectivity index (χ0n) is 14.9. The number of carbonyl (C=O) groups is 2. The van der Waals surface area contributed by atoms with Crippen LogP contribution in [0.15, 0.2) is 42.5 Å². The Morgan fingerprint density at radius 3 is 2.31 bits per heavy atom. The van der Waals surface area contributed by atoms with Crippen molar-refractivity contribution in [1.29, 1.82) is 0 Å². The van der Waals surface area contributed by atoms with Gasteiger partial charge in [-0.1, -0.05) is 0 Å². The Kier molecular flexibility index (Phi) is 5.41. The van der Waals surface area contributed by atoms with Crippen molar-refractivity contribution in [3.8, 4) is 11.5 Å². The summed E-state index contributed by atoms with van der Waals surface area (Å²) in [6.45, 7) is 2.43. The second-order valence-electron chi connectivity index (χ2n) is 6.09. The fraction of sp³-hybridized carbons (Fsp3) is 0.300. The first-order valence-corrected chi connectivity index (χ1v) is 8.64. The molecule has 2 aromatic rings. The molecule has 6 nitrogen and oxygen atoms in total. The number of benzene rings is 2. The van der Waals surface area contributed by atoms with Crippen LogP contribution < -0.4 is 20.1 Å². The molecule has 0 saturated heterocycles. The summed E-state index contributed by atoms with van der Waals surface area (Å²) in [6.07, 6.45) is 1.91. The van der Waals surface area contributed by atoms with Crippen LogP contribution in [0.4, 0.5) is 11.4 Å². The third-order valence-corrected chi connectivity index (χ3v) is 4.08. The SMILES string of the molecule is CCOc1ccc(NC(=O)c2ccc(NC(=O)C3CC3)cc2)cc1OC. The minimum Gasteiger partial charge on any atom is -0.493 e. The average Bonchev–Trinajstić information content (AvgIpc) is 3.49. The van der Waals surface area contributed by atoms with Crippen LogP contribution in [0, 0.1) is 5.92 Å². The molecule has 0 aromatic heterocycles. The van der Waals surface area contributed by atoms with Gasteiger partial charge in [0.15, 0.2) is 11.5 Å². The number of anilines is 2. The van der Waals surface area contributed by atoms with Gasteiger partial charge in [0, 0.05) is 28.9 Å². The number of carbonyl (C=O) groups excluding carboxylic acids is 2.